The van der Waals surface area contributed by atoms with Crippen LogP contribution in [0.5, 0.6) is 5.75 Å². The molecular weight excluding hydrogens is 426 g/mol. The molecule has 0 fully saturated rings. The highest BCUT2D eigenvalue weighted by Crippen LogP contribution is 2.34. The summed E-state index contributed by atoms with van der Waals surface area (Å²) in [5.41, 5.74) is 2.84. The van der Waals surface area contributed by atoms with Crippen LogP contribution in [0.4, 0.5) is 8.78 Å². The van der Waals surface area contributed by atoms with Crippen molar-refractivity contribution in [2.75, 3.05) is 19.7 Å². The van der Waals surface area contributed by atoms with E-state index in [-0.39, 0.29) is 24.8 Å². The molecule has 3 atom stereocenters. The van der Waals surface area contributed by atoms with Gasteiger partial charge in [0.05, 0.1) is 18.8 Å². The lowest BCUT2D eigenvalue weighted by Gasteiger charge is -2.28. The zero-order chi connectivity index (χ0) is 24.0. The minimum atomic E-state index is -0.924. The van der Waals surface area contributed by atoms with Crippen LogP contribution in [-0.2, 0) is 17.6 Å². The van der Waals surface area contributed by atoms with Crippen molar-refractivity contribution in [2.45, 2.75) is 58.1 Å². The summed E-state index contributed by atoms with van der Waals surface area (Å²) in [5, 5.41) is 16.8. The predicted octanol–water partition coefficient (Wildman–Crippen LogP) is 3.73. The molecule has 1 heterocycles. The van der Waals surface area contributed by atoms with Crippen molar-refractivity contribution in [1.82, 2.24) is 10.6 Å². The Labute approximate surface area is 194 Å². The number of aliphatic hydroxyl groups excluding tert-OH is 1. The van der Waals surface area contributed by atoms with Gasteiger partial charge in [-0.2, -0.15) is 0 Å². The minimum absolute atomic E-state index is 0.121. The molecule has 2 aromatic carbocycles. The highest BCUT2D eigenvalue weighted by Gasteiger charge is 2.24. The number of aliphatic hydroxyl groups is 1. The molecular formula is C26H34F2N2O3. The molecule has 0 bridgehead atoms. The van der Waals surface area contributed by atoms with Gasteiger partial charge < -0.3 is 20.5 Å². The van der Waals surface area contributed by atoms with Crippen LogP contribution in [0.1, 0.15) is 49.8 Å². The third kappa shape index (κ3) is 7.51. The third-order valence-electron chi connectivity index (χ3n) is 5.86. The lowest BCUT2D eigenvalue weighted by molar-refractivity contribution is -0.120. The van der Waals surface area contributed by atoms with Crippen molar-refractivity contribution in [1.29, 1.82) is 0 Å². The molecule has 1 unspecified atom stereocenters. The Balaban J connectivity index is 1.62. The van der Waals surface area contributed by atoms with E-state index in [0.717, 1.165) is 24.7 Å². The van der Waals surface area contributed by atoms with Crippen molar-refractivity contribution >= 4 is 5.91 Å². The van der Waals surface area contributed by atoms with Crippen molar-refractivity contribution in [2.24, 2.45) is 5.92 Å². The molecule has 0 aromatic heterocycles. The van der Waals surface area contributed by atoms with Gasteiger partial charge in [-0.25, -0.2) is 8.78 Å². The molecule has 3 N–H and O–H groups in total. The van der Waals surface area contributed by atoms with Crippen LogP contribution in [0, 0.1) is 17.6 Å². The van der Waals surface area contributed by atoms with E-state index < -0.39 is 23.8 Å². The number of carbonyl (C=O) groups is 1. The lowest BCUT2D eigenvalue weighted by Crippen LogP contribution is -2.48. The Hall–Kier alpha value is -2.51. The molecule has 0 saturated heterocycles. The second kappa shape index (κ2) is 11.6. The van der Waals surface area contributed by atoms with E-state index in [2.05, 4.69) is 36.6 Å². The third-order valence-corrected chi connectivity index (χ3v) is 5.86. The zero-order valence-electron chi connectivity index (χ0n) is 19.5. The van der Waals surface area contributed by atoms with Crippen molar-refractivity contribution in [3.63, 3.8) is 0 Å². The fourth-order valence-electron chi connectivity index (χ4n) is 4.40. The molecule has 3 rings (SSSR count). The first kappa shape index (κ1) is 25.1. The number of fused-ring (bicyclic) bond motifs is 1. The van der Waals surface area contributed by atoms with Crippen LogP contribution in [0.25, 0.3) is 0 Å². The maximum atomic E-state index is 13.6. The Morgan fingerprint density at radius 2 is 1.85 bits per heavy atom. The van der Waals surface area contributed by atoms with Gasteiger partial charge in [-0.1, -0.05) is 26.0 Å². The molecule has 1 aliphatic heterocycles. The Morgan fingerprint density at radius 3 is 2.52 bits per heavy atom. The largest absolute Gasteiger partial charge is 0.493 e. The Kier molecular flexibility index (Phi) is 8.80. The van der Waals surface area contributed by atoms with E-state index in [4.69, 9.17) is 4.74 Å². The first-order valence-electron chi connectivity index (χ1n) is 11.6. The minimum Gasteiger partial charge on any atom is -0.493 e. The highest BCUT2D eigenvalue weighted by molar-refractivity contribution is 5.73. The van der Waals surface area contributed by atoms with Crippen LogP contribution < -0.4 is 15.4 Å². The fourth-order valence-corrected chi connectivity index (χ4v) is 4.40. The molecule has 0 saturated carbocycles. The molecule has 5 nitrogen and oxygen atoms in total. The Morgan fingerprint density at radius 1 is 1.12 bits per heavy atom. The summed E-state index contributed by atoms with van der Waals surface area (Å²) in [7, 11) is 0. The van der Waals surface area contributed by atoms with E-state index in [1.807, 2.05) is 6.07 Å². The van der Waals surface area contributed by atoms with E-state index in [0.29, 0.717) is 24.6 Å². The van der Waals surface area contributed by atoms with Crippen molar-refractivity contribution in [3.8, 4) is 5.75 Å². The molecule has 0 radical (unpaired) electrons. The first-order valence-corrected chi connectivity index (χ1v) is 11.6. The monoisotopic (exact) mass is 460 g/mol. The number of ether oxygens (including phenoxy) is 1. The van der Waals surface area contributed by atoms with E-state index in [1.165, 1.54) is 30.2 Å². The molecule has 7 heteroatoms. The van der Waals surface area contributed by atoms with Crippen LogP contribution >= 0.6 is 0 Å². The summed E-state index contributed by atoms with van der Waals surface area (Å²) in [5.74, 6) is 0.0434. The molecule has 0 spiro atoms. The second-order valence-electron chi connectivity index (χ2n) is 9.32. The van der Waals surface area contributed by atoms with Gasteiger partial charge in [-0.3, -0.25) is 4.79 Å². The Bertz CT molecular complexity index is 931. The van der Waals surface area contributed by atoms with Gasteiger partial charge in [-0.05, 0) is 60.1 Å². The van der Waals surface area contributed by atoms with Crippen molar-refractivity contribution in [3.05, 3.63) is 64.7 Å². The number of hydrogen-bond donors (Lipinski definition) is 3. The molecule has 0 aliphatic carbocycles. The lowest BCUT2D eigenvalue weighted by atomic mass is 9.90. The summed E-state index contributed by atoms with van der Waals surface area (Å²) in [6.07, 6.45) is 1.08. The number of carbonyl (C=O) groups excluding carboxylic acids is 1. The van der Waals surface area contributed by atoms with E-state index in [9.17, 15) is 18.7 Å². The maximum Gasteiger partial charge on any atom is 0.217 e. The number of rotatable bonds is 10. The summed E-state index contributed by atoms with van der Waals surface area (Å²) in [4.78, 5) is 11.6. The van der Waals surface area contributed by atoms with Crippen LogP contribution in [0.15, 0.2) is 36.4 Å². The molecule has 33 heavy (non-hydrogen) atoms. The molecule has 2 aromatic rings. The standard InChI is InChI=1S/C26H34F2N2O3/c1-16(2)8-18-4-5-26-23(11-18)20(6-7-33-26)14-29-15-25(32)24(30-17(3)31)12-19-9-21(27)13-22(28)10-19/h4-5,9-11,13,16,20,24-25,29,32H,6-8,12,14-15H2,1-3H3,(H,30,31)/t20?,24-,25+/m0/s1. The topological polar surface area (TPSA) is 70.6 Å². The second-order valence-corrected chi connectivity index (χ2v) is 9.32. The average molecular weight is 461 g/mol. The number of benzene rings is 2. The van der Waals surface area contributed by atoms with Gasteiger partial charge in [0.25, 0.3) is 0 Å². The van der Waals surface area contributed by atoms with E-state index >= 15 is 0 Å². The normalized spacial score (nSPS) is 17.2. The predicted molar refractivity (Wildman–Crippen MR) is 124 cm³/mol. The smallest absolute Gasteiger partial charge is 0.217 e. The summed E-state index contributed by atoms with van der Waals surface area (Å²) in [6.45, 7) is 7.28. The maximum absolute atomic E-state index is 13.6. The summed E-state index contributed by atoms with van der Waals surface area (Å²) < 4.78 is 32.9. The highest BCUT2D eigenvalue weighted by atomic mass is 19.1. The molecule has 1 amide bonds. The molecule has 180 valence electrons. The van der Waals surface area contributed by atoms with Crippen LogP contribution in [-0.4, -0.2) is 42.9 Å². The summed E-state index contributed by atoms with van der Waals surface area (Å²) >= 11 is 0. The van der Waals surface area contributed by atoms with Gasteiger partial charge >= 0.3 is 0 Å². The number of amides is 1. The van der Waals surface area contributed by atoms with Gasteiger partial charge in [0.1, 0.15) is 17.4 Å². The number of hydrogen-bond acceptors (Lipinski definition) is 4. The SMILES string of the molecule is CC(=O)N[C@@H](Cc1cc(F)cc(F)c1)[C@H](O)CNCC1CCOc2ccc(CC(C)C)cc21. The fraction of sp³-hybridized carbons (Fsp3) is 0.500. The average Bonchev–Trinajstić information content (AvgIpc) is 2.72. The molecule has 1 aliphatic rings. The van der Waals surface area contributed by atoms with Gasteiger partial charge in [0.15, 0.2) is 0 Å². The van der Waals surface area contributed by atoms with E-state index in [1.54, 1.807) is 0 Å². The number of halogens is 2. The zero-order valence-corrected chi connectivity index (χ0v) is 19.5. The van der Waals surface area contributed by atoms with Crippen LogP contribution in [0.2, 0.25) is 0 Å². The first-order chi connectivity index (χ1) is 15.7. The van der Waals surface area contributed by atoms with Crippen LogP contribution in [0.3, 0.4) is 0 Å². The van der Waals surface area contributed by atoms with Crippen molar-refractivity contribution < 1.29 is 23.4 Å². The van der Waals surface area contributed by atoms with Gasteiger partial charge in [0, 0.05) is 32.0 Å². The van der Waals surface area contributed by atoms with Gasteiger partial charge in [0.2, 0.25) is 5.91 Å². The summed E-state index contributed by atoms with van der Waals surface area (Å²) in [6, 6.07) is 8.93. The quantitative estimate of drug-likeness (QED) is 0.505. The number of nitrogens with one attached hydrogen (secondary N) is 2. The van der Waals surface area contributed by atoms with Gasteiger partial charge in [-0.15, -0.1) is 0 Å².